The number of anilines is 3. The van der Waals surface area contributed by atoms with E-state index in [2.05, 4.69) is 73.7 Å². The average Bonchev–Trinajstić information content (AvgIpc) is 2.80. The molecule has 0 unspecified atom stereocenters. The van der Waals surface area contributed by atoms with Crippen molar-refractivity contribution in [2.45, 2.75) is 13.0 Å². The second-order valence-electron chi connectivity index (χ2n) is 7.41. The minimum Gasteiger partial charge on any atom is -0.368 e. The first-order valence-corrected chi connectivity index (χ1v) is 11.1. The van der Waals surface area contributed by atoms with Crippen molar-refractivity contribution in [3.05, 3.63) is 77.4 Å². The Morgan fingerprint density at radius 1 is 0.935 bits per heavy atom. The first kappa shape index (κ1) is 21.3. The Morgan fingerprint density at radius 2 is 1.55 bits per heavy atom. The molecule has 0 bridgehead atoms. The normalized spacial score (nSPS) is 14.8. The Kier molecular flexibility index (Phi) is 6.84. The van der Waals surface area contributed by atoms with E-state index in [4.69, 9.17) is 23.8 Å². The van der Waals surface area contributed by atoms with Crippen molar-refractivity contribution in [3.63, 3.8) is 0 Å². The summed E-state index contributed by atoms with van der Waals surface area (Å²) in [6.45, 7) is 5.61. The molecule has 2 heterocycles. The highest BCUT2D eigenvalue weighted by atomic mass is 35.5. The van der Waals surface area contributed by atoms with Crippen LogP contribution >= 0.6 is 23.8 Å². The van der Waals surface area contributed by atoms with E-state index in [-0.39, 0.29) is 6.04 Å². The lowest BCUT2D eigenvalue weighted by molar-refractivity contribution is 0.647. The number of nitrogens with zero attached hydrogens (tertiary/aromatic N) is 4. The summed E-state index contributed by atoms with van der Waals surface area (Å²) in [6.07, 6.45) is 0. The highest BCUT2D eigenvalue weighted by molar-refractivity contribution is 7.80. The second kappa shape index (κ2) is 9.94. The van der Waals surface area contributed by atoms with E-state index in [0.29, 0.717) is 16.2 Å². The van der Waals surface area contributed by atoms with Crippen molar-refractivity contribution in [3.8, 4) is 0 Å². The molecule has 1 aromatic heterocycles. The fourth-order valence-corrected chi connectivity index (χ4v) is 4.06. The summed E-state index contributed by atoms with van der Waals surface area (Å²) in [5, 5.41) is 7.18. The first-order valence-electron chi connectivity index (χ1n) is 10.3. The Morgan fingerprint density at radius 3 is 2.23 bits per heavy atom. The van der Waals surface area contributed by atoms with Crippen LogP contribution in [0.15, 0.2) is 66.7 Å². The van der Waals surface area contributed by atoms with Gasteiger partial charge in [-0.15, -0.1) is 0 Å². The molecule has 0 aliphatic carbocycles. The van der Waals surface area contributed by atoms with Crippen molar-refractivity contribution in [1.82, 2.24) is 15.3 Å². The Labute approximate surface area is 193 Å². The molecule has 2 aromatic carbocycles. The molecular formula is C23H25ClN6S. The number of rotatable bonds is 5. The van der Waals surface area contributed by atoms with E-state index in [1.165, 1.54) is 5.69 Å². The van der Waals surface area contributed by atoms with Crippen molar-refractivity contribution < 1.29 is 0 Å². The zero-order valence-corrected chi connectivity index (χ0v) is 18.9. The van der Waals surface area contributed by atoms with Gasteiger partial charge in [-0.25, -0.2) is 4.98 Å². The van der Waals surface area contributed by atoms with Gasteiger partial charge < -0.3 is 20.4 Å². The predicted molar refractivity (Wildman–Crippen MR) is 132 cm³/mol. The van der Waals surface area contributed by atoms with Gasteiger partial charge in [0.15, 0.2) is 5.11 Å². The van der Waals surface area contributed by atoms with Crippen LogP contribution in [0.3, 0.4) is 0 Å². The number of halogens is 1. The van der Waals surface area contributed by atoms with Crippen molar-refractivity contribution in [2.24, 2.45) is 0 Å². The number of piperazine rings is 1. The molecule has 4 rings (SSSR count). The third-order valence-electron chi connectivity index (χ3n) is 5.28. The van der Waals surface area contributed by atoms with E-state index < -0.39 is 0 Å². The van der Waals surface area contributed by atoms with Crippen molar-refractivity contribution in [2.75, 3.05) is 41.3 Å². The summed E-state index contributed by atoms with van der Waals surface area (Å²) in [6, 6.07) is 22.4. The topological polar surface area (TPSA) is 56.3 Å². The van der Waals surface area contributed by atoms with Crippen LogP contribution in [0.25, 0.3) is 0 Å². The minimum atomic E-state index is 0.0610. The molecule has 6 nitrogen and oxygen atoms in total. The molecule has 31 heavy (non-hydrogen) atoms. The average molecular weight is 453 g/mol. The molecule has 160 valence electrons. The maximum absolute atomic E-state index is 6.29. The van der Waals surface area contributed by atoms with E-state index in [9.17, 15) is 0 Å². The van der Waals surface area contributed by atoms with Crippen LogP contribution < -0.4 is 20.4 Å². The fraction of sp³-hybridized carbons (Fsp3) is 0.261. The van der Waals surface area contributed by atoms with Crippen LogP contribution in [0.1, 0.15) is 18.5 Å². The van der Waals surface area contributed by atoms with Crippen LogP contribution in [0.4, 0.5) is 17.5 Å². The number of hydrogen-bond donors (Lipinski definition) is 2. The second-order valence-corrected chi connectivity index (χ2v) is 8.21. The summed E-state index contributed by atoms with van der Waals surface area (Å²) in [5.41, 5.74) is 2.39. The van der Waals surface area contributed by atoms with Crippen LogP contribution in [0.2, 0.25) is 5.15 Å². The van der Waals surface area contributed by atoms with Gasteiger partial charge in [-0.1, -0.05) is 60.1 Å². The zero-order chi connectivity index (χ0) is 21.6. The molecule has 0 radical (unpaired) electrons. The van der Waals surface area contributed by atoms with Gasteiger partial charge in [0, 0.05) is 37.9 Å². The highest BCUT2D eigenvalue weighted by Crippen LogP contribution is 2.22. The number of thiocarbonyl (C=S) groups is 1. The standard InChI is InChI=1S/C23H25ClN6S/c1-17(18-8-4-2-5-9-18)25-23(31)28-22-26-20(24)16-21(27-22)30-14-12-29(13-15-30)19-10-6-3-7-11-19/h2-11,16-17H,12-15H2,1H3,(H2,25,26,27,28,31)/t17-/m0/s1. The largest absolute Gasteiger partial charge is 0.368 e. The lowest BCUT2D eigenvalue weighted by atomic mass is 10.1. The summed E-state index contributed by atoms with van der Waals surface area (Å²) >= 11 is 11.7. The molecule has 1 fully saturated rings. The number of hydrogen-bond acceptors (Lipinski definition) is 5. The molecule has 1 atom stereocenters. The van der Waals surface area contributed by atoms with Gasteiger partial charge in [-0.05, 0) is 36.8 Å². The Hall–Kier alpha value is -2.90. The summed E-state index contributed by atoms with van der Waals surface area (Å²) < 4.78 is 0. The van der Waals surface area contributed by atoms with Crippen LogP contribution in [0, 0.1) is 0 Å². The summed E-state index contributed by atoms with van der Waals surface area (Å²) in [4.78, 5) is 13.5. The third-order valence-corrected chi connectivity index (χ3v) is 5.69. The quantitative estimate of drug-likeness (QED) is 0.436. The van der Waals surface area contributed by atoms with Gasteiger partial charge in [0.05, 0.1) is 6.04 Å². The maximum atomic E-state index is 6.29. The van der Waals surface area contributed by atoms with E-state index >= 15 is 0 Å². The van der Waals surface area contributed by atoms with Gasteiger partial charge in [-0.2, -0.15) is 4.98 Å². The van der Waals surface area contributed by atoms with Gasteiger partial charge in [0.1, 0.15) is 11.0 Å². The maximum Gasteiger partial charge on any atom is 0.232 e. The SMILES string of the molecule is C[C@H](NC(=S)Nc1nc(Cl)cc(N2CCN(c3ccccc3)CC2)n1)c1ccccc1. The molecule has 3 aromatic rings. The molecule has 0 spiro atoms. The molecular weight excluding hydrogens is 428 g/mol. The number of benzene rings is 2. The molecule has 2 N–H and O–H groups in total. The molecule has 0 amide bonds. The molecule has 8 heteroatoms. The van der Waals surface area contributed by atoms with E-state index in [0.717, 1.165) is 37.6 Å². The van der Waals surface area contributed by atoms with Crippen molar-refractivity contribution >= 4 is 46.4 Å². The lowest BCUT2D eigenvalue weighted by Crippen LogP contribution is -2.47. The van der Waals surface area contributed by atoms with Gasteiger partial charge >= 0.3 is 0 Å². The summed E-state index contributed by atoms with van der Waals surface area (Å²) in [5.74, 6) is 1.19. The van der Waals surface area contributed by atoms with E-state index in [1.54, 1.807) is 6.07 Å². The van der Waals surface area contributed by atoms with E-state index in [1.807, 2.05) is 24.3 Å². The molecule has 1 aliphatic heterocycles. The van der Waals surface area contributed by atoms with Gasteiger partial charge in [-0.3, -0.25) is 0 Å². The van der Waals surface area contributed by atoms with Gasteiger partial charge in [0.2, 0.25) is 5.95 Å². The first-order chi connectivity index (χ1) is 15.1. The Balaban J connectivity index is 1.38. The monoisotopic (exact) mass is 452 g/mol. The Bertz CT molecular complexity index is 1010. The summed E-state index contributed by atoms with van der Waals surface area (Å²) in [7, 11) is 0. The number of para-hydroxylation sites is 1. The smallest absolute Gasteiger partial charge is 0.232 e. The van der Waals surface area contributed by atoms with Crippen LogP contribution in [-0.2, 0) is 0 Å². The number of nitrogens with one attached hydrogen (secondary N) is 2. The molecule has 0 saturated carbocycles. The lowest BCUT2D eigenvalue weighted by Gasteiger charge is -2.36. The fourth-order valence-electron chi connectivity index (χ4n) is 3.62. The predicted octanol–water partition coefficient (Wildman–Crippen LogP) is 4.50. The minimum absolute atomic E-state index is 0.0610. The van der Waals surface area contributed by atoms with Gasteiger partial charge in [0.25, 0.3) is 0 Å². The van der Waals surface area contributed by atoms with Crippen LogP contribution in [0.5, 0.6) is 0 Å². The molecule has 1 aliphatic rings. The number of aromatic nitrogens is 2. The van der Waals surface area contributed by atoms with Crippen LogP contribution in [-0.4, -0.2) is 41.3 Å². The highest BCUT2D eigenvalue weighted by Gasteiger charge is 2.20. The third kappa shape index (κ3) is 5.62. The zero-order valence-electron chi connectivity index (χ0n) is 17.3. The molecule has 1 saturated heterocycles. The van der Waals surface area contributed by atoms with Crippen molar-refractivity contribution in [1.29, 1.82) is 0 Å².